The molecule has 0 fully saturated rings. The summed E-state index contributed by atoms with van der Waals surface area (Å²) in [5.74, 6) is -0.00293. The Morgan fingerprint density at radius 1 is 1.05 bits per heavy atom. The molecule has 1 atom stereocenters. The second-order valence-electron chi connectivity index (χ2n) is 8.78. The van der Waals surface area contributed by atoms with Gasteiger partial charge in [0.25, 0.3) is 0 Å². The van der Waals surface area contributed by atoms with Gasteiger partial charge in [-0.1, -0.05) is 0 Å². The van der Waals surface area contributed by atoms with E-state index in [1.54, 1.807) is 36.8 Å². The number of nitrogens with one attached hydrogen (secondary N) is 2. The third kappa shape index (κ3) is 7.03. The SMILES string of the molecule is O=C(Nc1cccc(-c2cn3ccnc3c([AsH]Cc3ccncc3)n2)c1)Nc1cc(C(F)(F)F)ccc1OCCO. The summed E-state index contributed by atoms with van der Waals surface area (Å²) in [5, 5.41) is 15.0. The third-order valence-electron chi connectivity index (χ3n) is 5.90. The van der Waals surface area contributed by atoms with E-state index in [2.05, 4.69) is 20.6 Å². The number of nitrogens with zero attached hydrogens (tertiary/aromatic N) is 4. The molecule has 0 aliphatic carbocycles. The number of anilines is 2. The minimum Gasteiger partial charge on any atom is -0.393 e. The van der Waals surface area contributed by atoms with Crippen LogP contribution in [0.25, 0.3) is 16.9 Å². The van der Waals surface area contributed by atoms with Gasteiger partial charge in [-0.25, -0.2) is 0 Å². The number of aliphatic hydroxyl groups is 1. The predicted octanol–water partition coefficient (Wildman–Crippen LogP) is 4.09. The number of hydrogen-bond acceptors (Lipinski definition) is 6. The Balaban J connectivity index is 1.36. The number of benzene rings is 2. The summed E-state index contributed by atoms with van der Waals surface area (Å²) in [7, 11) is 0. The first kappa shape index (κ1) is 28.1. The van der Waals surface area contributed by atoms with E-state index < -0.39 is 33.5 Å². The zero-order valence-electron chi connectivity index (χ0n) is 21.4. The molecular formula is C28H24AsF3N6O3. The van der Waals surface area contributed by atoms with E-state index in [4.69, 9.17) is 14.8 Å². The van der Waals surface area contributed by atoms with Crippen molar-refractivity contribution >= 4 is 43.3 Å². The van der Waals surface area contributed by atoms with Crippen LogP contribution < -0.4 is 19.9 Å². The molecule has 0 aliphatic rings. The van der Waals surface area contributed by atoms with Crippen molar-refractivity contribution in [1.82, 2.24) is 19.4 Å². The molecule has 0 bridgehead atoms. The van der Waals surface area contributed by atoms with Crippen LogP contribution in [0.5, 0.6) is 5.75 Å². The molecule has 0 radical (unpaired) electrons. The van der Waals surface area contributed by atoms with Crippen LogP contribution in [0.15, 0.2) is 85.6 Å². The van der Waals surface area contributed by atoms with Crippen molar-refractivity contribution in [2.45, 2.75) is 11.4 Å². The van der Waals surface area contributed by atoms with Crippen molar-refractivity contribution in [3.63, 3.8) is 0 Å². The molecule has 0 spiro atoms. The van der Waals surface area contributed by atoms with E-state index >= 15 is 0 Å². The van der Waals surface area contributed by atoms with Crippen molar-refractivity contribution in [2.24, 2.45) is 0 Å². The number of aromatic nitrogens is 4. The van der Waals surface area contributed by atoms with E-state index in [-0.39, 0.29) is 24.7 Å². The zero-order valence-corrected chi connectivity index (χ0v) is 23.5. The fraction of sp³-hybridized carbons (Fsp3) is 0.143. The molecule has 41 heavy (non-hydrogen) atoms. The molecule has 13 heteroatoms. The predicted molar refractivity (Wildman–Crippen MR) is 150 cm³/mol. The molecular weight excluding hydrogens is 600 g/mol. The van der Waals surface area contributed by atoms with Gasteiger partial charge in [-0.3, -0.25) is 0 Å². The molecule has 5 rings (SSSR count). The van der Waals surface area contributed by atoms with Gasteiger partial charge in [0.1, 0.15) is 6.61 Å². The van der Waals surface area contributed by atoms with Gasteiger partial charge < -0.3 is 5.11 Å². The third-order valence-corrected chi connectivity index (χ3v) is 8.54. The number of rotatable bonds is 9. The number of hydrogen-bond donors (Lipinski definition) is 3. The van der Waals surface area contributed by atoms with Gasteiger partial charge in [-0.05, 0) is 6.07 Å². The van der Waals surface area contributed by atoms with Crippen molar-refractivity contribution < 1.29 is 27.8 Å². The topological polar surface area (TPSA) is 114 Å². The van der Waals surface area contributed by atoms with Crippen molar-refractivity contribution in [2.75, 3.05) is 23.8 Å². The quantitative estimate of drug-likeness (QED) is 0.213. The molecule has 2 aromatic carbocycles. The average molecular weight is 624 g/mol. The smallest absolute Gasteiger partial charge is 0.393 e. The summed E-state index contributed by atoms with van der Waals surface area (Å²) in [6, 6.07) is 12.9. The monoisotopic (exact) mass is 624 g/mol. The number of ether oxygens (including phenoxy) is 1. The first-order valence-electron chi connectivity index (χ1n) is 12.4. The summed E-state index contributed by atoms with van der Waals surface area (Å²) in [4.78, 5) is 26.2. The molecule has 2 amide bonds. The second-order valence-corrected chi connectivity index (χ2v) is 11.3. The number of alkyl halides is 3. The van der Waals surface area contributed by atoms with Crippen LogP contribution in [-0.4, -0.2) is 59.5 Å². The Morgan fingerprint density at radius 2 is 1.88 bits per heavy atom. The molecule has 3 N–H and O–H groups in total. The van der Waals surface area contributed by atoms with Gasteiger partial charge in [0.05, 0.1) is 6.61 Å². The molecule has 0 saturated carbocycles. The summed E-state index contributed by atoms with van der Waals surface area (Å²) in [6.07, 6.45) is 4.35. The summed E-state index contributed by atoms with van der Waals surface area (Å²) >= 11 is -0.676. The molecule has 0 saturated heterocycles. The Kier molecular flexibility index (Phi) is 8.51. The van der Waals surface area contributed by atoms with Crippen LogP contribution in [0.1, 0.15) is 11.1 Å². The van der Waals surface area contributed by atoms with Gasteiger partial charge >= 0.3 is 202 Å². The van der Waals surface area contributed by atoms with Crippen molar-refractivity contribution in [3.8, 4) is 17.0 Å². The van der Waals surface area contributed by atoms with Gasteiger partial charge in [-0.2, -0.15) is 13.2 Å². The molecule has 1 unspecified atom stereocenters. The summed E-state index contributed by atoms with van der Waals surface area (Å²) < 4.78 is 47.9. The average Bonchev–Trinajstić information content (AvgIpc) is 3.44. The van der Waals surface area contributed by atoms with Crippen LogP contribution >= 0.6 is 0 Å². The van der Waals surface area contributed by atoms with Gasteiger partial charge in [0.15, 0.2) is 0 Å². The number of amides is 2. The molecule has 3 aromatic heterocycles. The van der Waals surface area contributed by atoms with E-state index in [1.807, 2.05) is 35.0 Å². The summed E-state index contributed by atoms with van der Waals surface area (Å²) in [6.45, 7) is -0.489. The minimum absolute atomic E-state index is 0.00293. The summed E-state index contributed by atoms with van der Waals surface area (Å²) in [5.41, 5.74) is 2.68. The Bertz CT molecular complexity index is 1660. The number of pyridine rings is 1. The maximum absolute atomic E-state index is 13.3. The zero-order chi connectivity index (χ0) is 28.8. The number of imidazole rings is 1. The number of halogens is 3. The van der Waals surface area contributed by atoms with Gasteiger partial charge in [0.2, 0.25) is 0 Å². The number of carbonyl (C=O) groups is 1. The van der Waals surface area contributed by atoms with E-state index in [9.17, 15) is 18.0 Å². The minimum atomic E-state index is -4.61. The number of aliphatic hydroxyl groups excluding tert-OH is 1. The van der Waals surface area contributed by atoms with Crippen molar-refractivity contribution in [3.05, 3.63) is 96.7 Å². The van der Waals surface area contributed by atoms with Gasteiger partial charge in [0, 0.05) is 0 Å². The number of carbonyl (C=O) groups excluding carboxylic acids is 1. The normalized spacial score (nSPS) is 11.7. The first-order valence-corrected chi connectivity index (χ1v) is 14.9. The fourth-order valence-corrected chi connectivity index (χ4v) is 6.43. The molecule has 210 valence electrons. The van der Waals surface area contributed by atoms with E-state index in [0.29, 0.717) is 11.4 Å². The number of fused-ring (bicyclic) bond motifs is 1. The van der Waals surface area contributed by atoms with E-state index in [1.165, 1.54) is 5.56 Å². The van der Waals surface area contributed by atoms with Crippen LogP contribution in [0.3, 0.4) is 0 Å². The van der Waals surface area contributed by atoms with Crippen LogP contribution in [0.2, 0.25) is 0 Å². The van der Waals surface area contributed by atoms with Crippen LogP contribution in [0, 0.1) is 0 Å². The number of urea groups is 1. The first-order chi connectivity index (χ1) is 19.8. The van der Waals surface area contributed by atoms with Gasteiger partial charge in [-0.15, -0.1) is 0 Å². The van der Waals surface area contributed by atoms with E-state index in [0.717, 1.165) is 39.1 Å². The van der Waals surface area contributed by atoms with Crippen LogP contribution in [-0.2, 0) is 11.4 Å². The fourth-order valence-electron chi connectivity index (χ4n) is 4.00. The molecule has 3 heterocycles. The Labute approximate surface area is 239 Å². The molecule has 9 nitrogen and oxygen atoms in total. The maximum atomic E-state index is 13.3. The van der Waals surface area contributed by atoms with Crippen molar-refractivity contribution in [1.29, 1.82) is 0 Å². The Morgan fingerprint density at radius 3 is 2.66 bits per heavy atom. The molecule has 5 aromatic rings. The second kappa shape index (κ2) is 12.4. The standard InChI is InChI=1S/C28H24AsF3N6O3/c30-28(31,32)20-4-5-24(41-13-12-39)22(15-20)37-27(40)35-21-3-1-2-19(14-21)23-17-38-11-10-34-26(38)25(36-23)29-16-18-6-8-33-9-7-18/h1-11,14-15,17,29,39H,12-13,16H2,(H2,35,37,40). The van der Waals surface area contributed by atoms with Crippen LogP contribution in [0.4, 0.5) is 29.3 Å². The molecule has 0 aliphatic heterocycles. The Hall–Kier alpha value is -4.41.